The number of rotatable bonds is 7. The van der Waals surface area contributed by atoms with E-state index in [1.807, 2.05) is 22.4 Å². The Hall–Kier alpha value is -3.24. The molecule has 1 fully saturated rings. The Bertz CT molecular complexity index is 1030. The second-order valence-electron chi connectivity index (χ2n) is 7.30. The van der Waals surface area contributed by atoms with Crippen LogP contribution in [0.25, 0.3) is 10.7 Å². The highest BCUT2D eigenvalue weighted by molar-refractivity contribution is 7.13. The van der Waals surface area contributed by atoms with Crippen LogP contribution in [0.4, 0.5) is 10.5 Å². The van der Waals surface area contributed by atoms with E-state index in [9.17, 15) is 9.59 Å². The van der Waals surface area contributed by atoms with Crippen molar-refractivity contribution in [3.05, 3.63) is 53.2 Å². The molecule has 10 heteroatoms. The van der Waals surface area contributed by atoms with Crippen LogP contribution in [0.5, 0.6) is 0 Å². The number of benzene rings is 1. The molecule has 162 valence electrons. The van der Waals surface area contributed by atoms with Crippen LogP contribution in [-0.2, 0) is 6.42 Å². The minimum absolute atomic E-state index is 0.0419. The molecule has 0 bridgehead atoms. The molecule has 1 saturated heterocycles. The Morgan fingerprint density at radius 2 is 2.00 bits per heavy atom. The average molecular weight is 441 g/mol. The first-order chi connectivity index (χ1) is 15.1. The Morgan fingerprint density at radius 3 is 2.74 bits per heavy atom. The van der Waals surface area contributed by atoms with Gasteiger partial charge in [0.25, 0.3) is 5.91 Å². The van der Waals surface area contributed by atoms with E-state index in [0.29, 0.717) is 36.1 Å². The molecule has 0 aliphatic carbocycles. The van der Waals surface area contributed by atoms with Crippen molar-refractivity contribution >= 4 is 29.0 Å². The van der Waals surface area contributed by atoms with E-state index in [1.54, 1.807) is 35.6 Å². The van der Waals surface area contributed by atoms with Gasteiger partial charge in [0.05, 0.1) is 4.88 Å². The highest BCUT2D eigenvalue weighted by atomic mass is 32.1. The van der Waals surface area contributed by atoms with Gasteiger partial charge in [-0.1, -0.05) is 17.3 Å². The molecule has 1 aliphatic heterocycles. The van der Waals surface area contributed by atoms with E-state index in [0.717, 1.165) is 37.4 Å². The number of nitrogens with zero attached hydrogens (tertiary/aromatic N) is 4. The summed E-state index contributed by atoms with van der Waals surface area (Å²) in [4.78, 5) is 33.4. The van der Waals surface area contributed by atoms with Crippen LogP contribution < -0.4 is 11.1 Å². The fraction of sp³-hybridized carbons (Fsp3) is 0.333. The van der Waals surface area contributed by atoms with Gasteiger partial charge < -0.3 is 20.5 Å². The molecule has 0 spiro atoms. The molecule has 1 aromatic carbocycles. The Balaban J connectivity index is 1.22. The first kappa shape index (κ1) is 21.0. The van der Waals surface area contributed by atoms with Gasteiger partial charge in [-0.15, -0.1) is 11.3 Å². The monoisotopic (exact) mass is 440 g/mol. The summed E-state index contributed by atoms with van der Waals surface area (Å²) in [6.45, 7) is 3.87. The summed E-state index contributed by atoms with van der Waals surface area (Å²) in [5.74, 6) is 1.26. The number of piperazine rings is 1. The summed E-state index contributed by atoms with van der Waals surface area (Å²) >= 11 is 1.59. The lowest BCUT2D eigenvalue weighted by Gasteiger charge is -2.34. The third-order valence-corrected chi connectivity index (χ3v) is 5.98. The number of carbonyl (C=O) groups is 2. The van der Waals surface area contributed by atoms with Gasteiger partial charge >= 0.3 is 6.03 Å². The Labute approximate surface area is 183 Å². The highest BCUT2D eigenvalue weighted by Crippen LogP contribution is 2.21. The Morgan fingerprint density at radius 1 is 1.16 bits per heavy atom. The van der Waals surface area contributed by atoms with Gasteiger partial charge in [0.2, 0.25) is 11.7 Å². The van der Waals surface area contributed by atoms with Crippen LogP contribution in [-0.4, -0.2) is 64.6 Å². The minimum atomic E-state index is -0.651. The zero-order valence-corrected chi connectivity index (χ0v) is 17.8. The number of hydrogen-bond acceptors (Lipinski definition) is 7. The van der Waals surface area contributed by atoms with E-state index >= 15 is 0 Å². The molecule has 1 aliphatic rings. The summed E-state index contributed by atoms with van der Waals surface area (Å²) in [5, 5.41) is 8.53. The molecule has 0 saturated carbocycles. The van der Waals surface area contributed by atoms with Crippen molar-refractivity contribution in [1.82, 2.24) is 19.9 Å². The van der Waals surface area contributed by atoms with Crippen LogP contribution in [0.15, 0.2) is 46.3 Å². The predicted molar refractivity (Wildman–Crippen MR) is 118 cm³/mol. The zero-order chi connectivity index (χ0) is 21.6. The third-order valence-electron chi connectivity index (χ3n) is 5.11. The molecule has 3 amide bonds. The van der Waals surface area contributed by atoms with Crippen LogP contribution in [0.1, 0.15) is 22.7 Å². The van der Waals surface area contributed by atoms with Crippen molar-refractivity contribution in [1.29, 1.82) is 0 Å². The molecule has 3 heterocycles. The number of urea groups is 1. The molecule has 4 rings (SSSR count). The Kier molecular flexibility index (Phi) is 6.58. The smallest absolute Gasteiger partial charge is 0.316 e. The fourth-order valence-corrected chi connectivity index (χ4v) is 4.19. The lowest BCUT2D eigenvalue weighted by Crippen LogP contribution is -2.48. The normalized spacial score (nSPS) is 14.5. The van der Waals surface area contributed by atoms with E-state index < -0.39 is 6.03 Å². The molecule has 31 heavy (non-hydrogen) atoms. The third kappa shape index (κ3) is 5.47. The summed E-state index contributed by atoms with van der Waals surface area (Å²) in [7, 11) is 0. The van der Waals surface area contributed by atoms with Gasteiger partial charge in [0.1, 0.15) is 0 Å². The standard InChI is InChI=1S/C21H24N6O3S/c22-21(29)23-16-5-1-4-15(14-16)20(28)27-11-9-26(10-12-27)8-2-7-18-24-19(25-30-18)17-6-3-13-31-17/h1,3-6,13-14H,2,7-12H2,(H3,22,23,29). The van der Waals surface area contributed by atoms with Gasteiger partial charge in [0.15, 0.2) is 0 Å². The number of hydrogen-bond donors (Lipinski definition) is 2. The van der Waals surface area contributed by atoms with E-state index in [4.69, 9.17) is 10.3 Å². The van der Waals surface area contributed by atoms with Gasteiger partial charge in [-0.25, -0.2) is 4.79 Å². The minimum Gasteiger partial charge on any atom is -0.351 e. The lowest BCUT2D eigenvalue weighted by atomic mass is 10.1. The van der Waals surface area contributed by atoms with Crippen LogP contribution >= 0.6 is 11.3 Å². The van der Waals surface area contributed by atoms with Gasteiger partial charge in [0, 0.05) is 43.9 Å². The van der Waals surface area contributed by atoms with Gasteiger partial charge in [-0.05, 0) is 42.6 Å². The highest BCUT2D eigenvalue weighted by Gasteiger charge is 2.22. The molecule has 3 N–H and O–H groups in total. The lowest BCUT2D eigenvalue weighted by molar-refractivity contribution is 0.0635. The number of nitrogens with two attached hydrogens (primary N) is 1. The zero-order valence-electron chi connectivity index (χ0n) is 17.0. The van der Waals surface area contributed by atoms with Crippen molar-refractivity contribution in [2.24, 2.45) is 5.73 Å². The quantitative estimate of drug-likeness (QED) is 0.583. The average Bonchev–Trinajstić information content (AvgIpc) is 3.45. The first-order valence-electron chi connectivity index (χ1n) is 10.1. The summed E-state index contributed by atoms with van der Waals surface area (Å²) in [5.41, 5.74) is 6.20. The van der Waals surface area contributed by atoms with Crippen molar-refractivity contribution < 1.29 is 14.1 Å². The maximum absolute atomic E-state index is 12.8. The van der Waals surface area contributed by atoms with Crippen molar-refractivity contribution in [2.45, 2.75) is 12.8 Å². The molecule has 2 aromatic heterocycles. The number of nitrogens with one attached hydrogen (secondary N) is 1. The molecule has 9 nitrogen and oxygen atoms in total. The second-order valence-corrected chi connectivity index (χ2v) is 8.24. The number of aryl methyl sites for hydroxylation is 1. The van der Waals surface area contributed by atoms with Crippen LogP contribution in [0.2, 0.25) is 0 Å². The number of primary amides is 1. The van der Waals surface area contributed by atoms with Gasteiger partial charge in [-0.2, -0.15) is 4.98 Å². The molecule has 0 atom stereocenters. The number of anilines is 1. The number of carbonyl (C=O) groups excluding carboxylic acids is 2. The van der Waals surface area contributed by atoms with Crippen LogP contribution in [0.3, 0.4) is 0 Å². The predicted octanol–water partition coefficient (Wildman–Crippen LogP) is 2.68. The van der Waals surface area contributed by atoms with E-state index in [-0.39, 0.29) is 5.91 Å². The molecular formula is C21H24N6O3S. The van der Waals surface area contributed by atoms with Crippen molar-refractivity contribution in [2.75, 3.05) is 38.0 Å². The summed E-state index contributed by atoms with van der Waals surface area (Å²) in [6, 6.07) is 10.1. The number of amides is 3. The van der Waals surface area contributed by atoms with Gasteiger partial charge in [-0.3, -0.25) is 9.69 Å². The SMILES string of the molecule is NC(=O)Nc1cccc(C(=O)N2CCN(CCCc3nc(-c4cccs4)no3)CC2)c1. The molecule has 0 unspecified atom stereocenters. The maximum Gasteiger partial charge on any atom is 0.316 e. The number of thiophene rings is 1. The second kappa shape index (κ2) is 9.71. The number of aromatic nitrogens is 2. The summed E-state index contributed by atoms with van der Waals surface area (Å²) in [6.07, 6.45) is 1.65. The molecular weight excluding hydrogens is 416 g/mol. The fourth-order valence-electron chi connectivity index (χ4n) is 3.55. The molecule has 0 radical (unpaired) electrons. The maximum atomic E-state index is 12.8. The van der Waals surface area contributed by atoms with E-state index in [2.05, 4.69) is 20.4 Å². The van der Waals surface area contributed by atoms with Crippen molar-refractivity contribution in [3.8, 4) is 10.7 Å². The molecule has 3 aromatic rings. The topological polar surface area (TPSA) is 118 Å². The van der Waals surface area contributed by atoms with E-state index in [1.165, 1.54) is 0 Å². The van der Waals surface area contributed by atoms with Crippen LogP contribution in [0, 0.1) is 0 Å². The first-order valence-corrected chi connectivity index (χ1v) is 11.0. The summed E-state index contributed by atoms with van der Waals surface area (Å²) < 4.78 is 5.35. The largest absolute Gasteiger partial charge is 0.351 e. The van der Waals surface area contributed by atoms with Crippen molar-refractivity contribution in [3.63, 3.8) is 0 Å².